The topological polar surface area (TPSA) is 59.4 Å². The second kappa shape index (κ2) is 6.76. The predicted octanol–water partition coefficient (Wildman–Crippen LogP) is 3.33. The molecule has 24 heavy (non-hydrogen) atoms. The van der Waals surface area contributed by atoms with E-state index in [1.54, 1.807) is 18.2 Å². The van der Waals surface area contributed by atoms with Crippen LogP contribution in [0.5, 0.6) is 0 Å². The van der Waals surface area contributed by atoms with Crippen LogP contribution in [0.2, 0.25) is 0 Å². The maximum absolute atomic E-state index is 13.3. The summed E-state index contributed by atoms with van der Waals surface area (Å²) in [5.41, 5.74) is -1.63. The molecule has 0 amide bonds. The number of carbonyl (C=O) groups excluding carboxylic acids is 1. The molecule has 1 unspecified atom stereocenters. The van der Waals surface area contributed by atoms with Crippen molar-refractivity contribution in [3.8, 4) is 0 Å². The number of alkyl halides is 3. The van der Waals surface area contributed by atoms with Crippen molar-refractivity contribution < 1.29 is 27.8 Å². The Kier molecular flexibility index (Phi) is 5.13. The summed E-state index contributed by atoms with van der Waals surface area (Å²) in [6.45, 7) is 3.33. The molecular weight excluding hydrogens is 323 g/mol. The maximum Gasteiger partial charge on any atom is 0.418 e. The predicted molar refractivity (Wildman–Crippen MR) is 82.4 cm³/mol. The second-order valence-corrected chi connectivity index (χ2v) is 5.69. The molecule has 0 aliphatic rings. The minimum absolute atomic E-state index is 0.0514. The van der Waals surface area contributed by atoms with Crippen LogP contribution < -0.4 is 0 Å². The van der Waals surface area contributed by atoms with E-state index in [4.69, 9.17) is 0 Å². The number of aryl methyl sites for hydroxylation is 1. The minimum Gasteiger partial charge on any atom is -0.466 e. The largest absolute Gasteiger partial charge is 0.466 e. The van der Waals surface area contributed by atoms with Gasteiger partial charge in [0.15, 0.2) is 5.60 Å². The number of esters is 1. The number of benzene rings is 1. The minimum atomic E-state index is -4.98. The number of aliphatic hydroxyl groups is 1. The van der Waals surface area contributed by atoms with Gasteiger partial charge < -0.3 is 9.84 Å². The summed E-state index contributed by atoms with van der Waals surface area (Å²) < 4.78 is 44.4. The summed E-state index contributed by atoms with van der Waals surface area (Å²) in [5.74, 6) is -1.10. The van der Waals surface area contributed by atoms with E-state index in [9.17, 15) is 23.1 Å². The molecule has 130 valence electrons. The van der Waals surface area contributed by atoms with Crippen molar-refractivity contribution in [1.29, 1.82) is 0 Å². The Hall–Kier alpha value is -2.15. The normalized spacial score (nSPS) is 14.4. The SMILES string of the molecule is CCOC(=O)CC(O)(Cc1ccc2cc(C)ccc2n1)C(F)(F)F. The number of nitrogens with zero attached hydrogens (tertiary/aromatic N) is 1. The van der Waals surface area contributed by atoms with Gasteiger partial charge in [0.2, 0.25) is 0 Å². The number of aromatic nitrogens is 1. The van der Waals surface area contributed by atoms with Crippen molar-refractivity contribution in [3.63, 3.8) is 0 Å². The van der Waals surface area contributed by atoms with E-state index < -0.39 is 30.6 Å². The molecule has 2 aromatic rings. The molecule has 4 nitrogen and oxygen atoms in total. The van der Waals surface area contributed by atoms with Gasteiger partial charge >= 0.3 is 12.1 Å². The smallest absolute Gasteiger partial charge is 0.418 e. The first-order valence-corrected chi connectivity index (χ1v) is 7.45. The molecule has 1 N–H and O–H groups in total. The van der Waals surface area contributed by atoms with Gasteiger partial charge in [-0.2, -0.15) is 13.2 Å². The van der Waals surface area contributed by atoms with E-state index >= 15 is 0 Å². The number of pyridine rings is 1. The van der Waals surface area contributed by atoms with Gasteiger partial charge in [-0.1, -0.05) is 17.7 Å². The molecule has 2 rings (SSSR count). The molecule has 0 aliphatic carbocycles. The zero-order valence-electron chi connectivity index (χ0n) is 13.4. The van der Waals surface area contributed by atoms with Crippen LogP contribution in [0.3, 0.4) is 0 Å². The van der Waals surface area contributed by atoms with E-state index in [1.165, 1.54) is 13.0 Å². The fourth-order valence-electron chi connectivity index (χ4n) is 2.40. The molecule has 0 saturated carbocycles. The Morgan fingerprint density at radius 2 is 1.96 bits per heavy atom. The first kappa shape index (κ1) is 18.2. The summed E-state index contributed by atoms with van der Waals surface area (Å²) in [4.78, 5) is 15.6. The molecule has 0 bridgehead atoms. The van der Waals surface area contributed by atoms with Gasteiger partial charge in [0.05, 0.1) is 18.5 Å². The third-order valence-electron chi connectivity index (χ3n) is 3.65. The molecule has 1 heterocycles. The van der Waals surface area contributed by atoms with E-state index in [0.717, 1.165) is 10.9 Å². The molecule has 0 fully saturated rings. The lowest BCUT2D eigenvalue weighted by Crippen LogP contribution is -2.49. The van der Waals surface area contributed by atoms with Crippen molar-refractivity contribution in [1.82, 2.24) is 4.98 Å². The van der Waals surface area contributed by atoms with Crippen molar-refractivity contribution in [2.45, 2.75) is 38.5 Å². The van der Waals surface area contributed by atoms with Crippen LogP contribution in [-0.4, -0.2) is 34.4 Å². The highest BCUT2D eigenvalue weighted by Gasteiger charge is 2.55. The fraction of sp³-hybridized carbons (Fsp3) is 0.412. The van der Waals surface area contributed by atoms with Crippen LogP contribution in [0.25, 0.3) is 10.9 Å². The number of fused-ring (bicyclic) bond motifs is 1. The molecule has 0 radical (unpaired) electrons. The standard InChI is InChI=1S/C17H18F3NO3/c1-3-24-15(22)10-16(23,17(18,19)20)9-13-6-5-12-8-11(2)4-7-14(12)21-13/h4-8,23H,3,9-10H2,1-2H3. The van der Waals surface area contributed by atoms with Crippen LogP contribution in [0.1, 0.15) is 24.6 Å². The highest BCUT2D eigenvalue weighted by atomic mass is 19.4. The number of halogens is 3. The lowest BCUT2D eigenvalue weighted by molar-refractivity contribution is -0.262. The van der Waals surface area contributed by atoms with Gasteiger partial charge in [0.1, 0.15) is 0 Å². The molecule has 1 atom stereocenters. The Morgan fingerprint density at radius 1 is 1.25 bits per heavy atom. The van der Waals surface area contributed by atoms with E-state index in [2.05, 4.69) is 9.72 Å². The Bertz CT molecular complexity index is 745. The van der Waals surface area contributed by atoms with Crippen molar-refractivity contribution in [3.05, 3.63) is 41.6 Å². The van der Waals surface area contributed by atoms with Gasteiger partial charge in [-0.25, -0.2) is 0 Å². The number of ether oxygens (including phenoxy) is 1. The van der Waals surface area contributed by atoms with E-state index in [1.807, 2.05) is 13.0 Å². The monoisotopic (exact) mass is 341 g/mol. The van der Waals surface area contributed by atoms with E-state index in [-0.39, 0.29) is 12.3 Å². The maximum atomic E-state index is 13.3. The third kappa shape index (κ3) is 4.03. The Morgan fingerprint density at radius 3 is 2.58 bits per heavy atom. The second-order valence-electron chi connectivity index (χ2n) is 5.69. The highest BCUT2D eigenvalue weighted by Crippen LogP contribution is 2.36. The molecule has 1 aromatic carbocycles. The Balaban J connectivity index is 2.32. The quantitative estimate of drug-likeness (QED) is 0.848. The summed E-state index contributed by atoms with van der Waals surface area (Å²) in [6, 6.07) is 8.43. The lowest BCUT2D eigenvalue weighted by atomic mass is 9.92. The number of hydrogen-bond acceptors (Lipinski definition) is 4. The van der Waals surface area contributed by atoms with Crippen LogP contribution in [0, 0.1) is 6.92 Å². The van der Waals surface area contributed by atoms with Gasteiger partial charge in [-0.3, -0.25) is 9.78 Å². The molecule has 7 heteroatoms. The van der Waals surface area contributed by atoms with E-state index in [0.29, 0.717) is 5.52 Å². The third-order valence-corrected chi connectivity index (χ3v) is 3.65. The summed E-state index contributed by atoms with van der Waals surface area (Å²) in [6.07, 6.45) is -6.97. The van der Waals surface area contributed by atoms with Gasteiger partial charge in [-0.15, -0.1) is 0 Å². The number of hydrogen-bond donors (Lipinski definition) is 1. The van der Waals surface area contributed by atoms with Gasteiger partial charge in [-0.05, 0) is 32.0 Å². The van der Waals surface area contributed by atoms with Gasteiger partial charge in [0, 0.05) is 17.5 Å². The van der Waals surface area contributed by atoms with Crippen molar-refractivity contribution in [2.75, 3.05) is 6.61 Å². The zero-order chi connectivity index (χ0) is 18.0. The van der Waals surface area contributed by atoms with Gasteiger partial charge in [0.25, 0.3) is 0 Å². The average Bonchev–Trinajstić information content (AvgIpc) is 2.46. The van der Waals surface area contributed by atoms with Crippen LogP contribution in [0.15, 0.2) is 30.3 Å². The van der Waals surface area contributed by atoms with Crippen LogP contribution in [0.4, 0.5) is 13.2 Å². The fourth-order valence-corrected chi connectivity index (χ4v) is 2.40. The number of rotatable bonds is 5. The van der Waals surface area contributed by atoms with Crippen LogP contribution in [-0.2, 0) is 16.0 Å². The summed E-state index contributed by atoms with van der Waals surface area (Å²) in [7, 11) is 0. The Labute approximate surface area is 137 Å². The molecule has 0 saturated heterocycles. The first-order valence-electron chi connectivity index (χ1n) is 7.45. The molecule has 1 aromatic heterocycles. The zero-order valence-corrected chi connectivity index (χ0v) is 13.4. The highest BCUT2D eigenvalue weighted by molar-refractivity contribution is 5.79. The van der Waals surface area contributed by atoms with Crippen LogP contribution >= 0.6 is 0 Å². The first-order chi connectivity index (χ1) is 11.1. The number of carbonyl (C=O) groups is 1. The molecule has 0 aliphatic heterocycles. The summed E-state index contributed by atoms with van der Waals surface area (Å²) in [5, 5.41) is 10.8. The molecule has 0 spiro atoms. The summed E-state index contributed by atoms with van der Waals surface area (Å²) >= 11 is 0. The van der Waals surface area contributed by atoms with Crippen molar-refractivity contribution >= 4 is 16.9 Å². The average molecular weight is 341 g/mol. The molecular formula is C17H18F3NO3. The lowest BCUT2D eigenvalue weighted by Gasteiger charge is -2.29. The van der Waals surface area contributed by atoms with Crippen molar-refractivity contribution in [2.24, 2.45) is 0 Å².